The highest BCUT2D eigenvalue weighted by Crippen LogP contribution is 2.15. The van der Waals surface area contributed by atoms with Gasteiger partial charge in [0.25, 0.3) is 0 Å². The van der Waals surface area contributed by atoms with Crippen LogP contribution in [0.25, 0.3) is 0 Å². The summed E-state index contributed by atoms with van der Waals surface area (Å²) < 4.78 is 5.20. The third-order valence-corrected chi connectivity index (χ3v) is 3.78. The van der Waals surface area contributed by atoms with Crippen LogP contribution >= 0.6 is 11.6 Å². The van der Waals surface area contributed by atoms with Gasteiger partial charge in [-0.25, -0.2) is 0 Å². The summed E-state index contributed by atoms with van der Waals surface area (Å²) in [5.41, 5.74) is 2.62. The fraction of sp³-hybridized carbons (Fsp3) is 0.333. The second-order valence-electron chi connectivity index (χ2n) is 5.14. The minimum Gasteiger partial charge on any atom is -0.497 e. The van der Waals surface area contributed by atoms with Crippen molar-refractivity contribution in [3.8, 4) is 5.75 Å². The van der Waals surface area contributed by atoms with E-state index in [9.17, 15) is 0 Å². The number of ether oxygens (including phenoxy) is 1. The normalized spacial score (nSPS) is 12.1. The Balaban J connectivity index is 2.02. The summed E-state index contributed by atoms with van der Waals surface area (Å²) in [6, 6.07) is 16.8. The molecule has 0 radical (unpaired) electrons. The largest absolute Gasteiger partial charge is 0.497 e. The molecule has 21 heavy (non-hydrogen) atoms. The average Bonchev–Trinajstić information content (AvgIpc) is 2.50. The van der Waals surface area contributed by atoms with Gasteiger partial charge in [-0.2, -0.15) is 0 Å². The van der Waals surface area contributed by atoms with Gasteiger partial charge in [-0.05, 0) is 54.8 Å². The van der Waals surface area contributed by atoms with E-state index >= 15 is 0 Å². The van der Waals surface area contributed by atoms with Crippen LogP contribution in [0.5, 0.6) is 5.75 Å². The Morgan fingerprint density at radius 2 is 1.48 bits per heavy atom. The molecular weight excluding hydrogens is 282 g/mol. The van der Waals surface area contributed by atoms with Crippen molar-refractivity contribution in [3.63, 3.8) is 0 Å². The van der Waals surface area contributed by atoms with Gasteiger partial charge in [0, 0.05) is 11.1 Å². The molecule has 1 N–H and O–H groups in total. The number of rotatable bonds is 7. The van der Waals surface area contributed by atoms with Crippen LogP contribution in [0.1, 0.15) is 18.1 Å². The van der Waals surface area contributed by atoms with Crippen molar-refractivity contribution >= 4 is 11.6 Å². The van der Waals surface area contributed by atoms with E-state index in [0.29, 0.717) is 6.04 Å². The van der Waals surface area contributed by atoms with Crippen molar-refractivity contribution in [1.29, 1.82) is 0 Å². The smallest absolute Gasteiger partial charge is 0.118 e. The number of halogens is 1. The zero-order valence-corrected chi connectivity index (χ0v) is 13.4. The third kappa shape index (κ3) is 5.07. The first-order chi connectivity index (χ1) is 10.2. The maximum absolute atomic E-state index is 5.94. The van der Waals surface area contributed by atoms with E-state index in [2.05, 4.69) is 36.5 Å². The van der Waals surface area contributed by atoms with Crippen LogP contribution in [0, 0.1) is 0 Å². The summed E-state index contributed by atoms with van der Waals surface area (Å²) >= 11 is 5.94. The first-order valence-electron chi connectivity index (χ1n) is 7.32. The van der Waals surface area contributed by atoms with Crippen LogP contribution in [0.2, 0.25) is 5.02 Å². The van der Waals surface area contributed by atoms with Gasteiger partial charge in [-0.1, -0.05) is 42.8 Å². The highest BCUT2D eigenvalue weighted by atomic mass is 35.5. The summed E-state index contributed by atoms with van der Waals surface area (Å²) in [6.07, 6.45) is 2.00. The van der Waals surface area contributed by atoms with Crippen LogP contribution < -0.4 is 10.1 Å². The van der Waals surface area contributed by atoms with Gasteiger partial charge >= 0.3 is 0 Å². The number of methoxy groups -OCH3 is 1. The van der Waals surface area contributed by atoms with Crippen LogP contribution in [0.3, 0.4) is 0 Å². The van der Waals surface area contributed by atoms with E-state index in [1.54, 1.807) is 7.11 Å². The summed E-state index contributed by atoms with van der Waals surface area (Å²) in [5, 5.41) is 4.34. The predicted octanol–water partition coefficient (Wildman–Crippen LogP) is 4.11. The molecule has 1 atom stereocenters. The van der Waals surface area contributed by atoms with Gasteiger partial charge < -0.3 is 10.1 Å². The molecule has 0 aliphatic rings. The number of likely N-dealkylation sites (N-methyl/N-ethyl adjacent to an activating group) is 1. The average molecular weight is 304 g/mol. The highest BCUT2D eigenvalue weighted by Gasteiger charge is 2.09. The molecule has 3 heteroatoms. The minimum absolute atomic E-state index is 0.421. The van der Waals surface area contributed by atoms with Crippen molar-refractivity contribution < 1.29 is 4.74 Å². The molecule has 112 valence electrons. The first kappa shape index (κ1) is 15.9. The molecule has 0 fully saturated rings. The van der Waals surface area contributed by atoms with Crippen LogP contribution in [-0.2, 0) is 12.8 Å². The minimum atomic E-state index is 0.421. The molecule has 0 spiro atoms. The molecule has 0 heterocycles. The topological polar surface area (TPSA) is 21.3 Å². The molecule has 0 amide bonds. The van der Waals surface area contributed by atoms with Gasteiger partial charge in [0.05, 0.1) is 7.11 Å². The van der Waals surface area contributed by atoms with Crippen molar-refractivity contribution in [1.82, 2.24) is 5.32 Å². The molecule has 0 bridgehead atoms. The molecule has 0 aliphatic heterocycles. The van der Waals surface area contributed by atoms with Gasteiger partial charge in [0.15, 0.2) is 0 Å². The van der Waals surface area contributed by atoms with Crippen molar-refractivity contribution in [2.24, 2.45) is 0 Å². The molecule has 2 aromatic carbocycles. The monoisotopic (exact) mass is 303 g/mol. The fourth-order valence-electron chi connectivity index (χ4n) is 2.46. The molecule has 2 aromatic rings. The first-order valence-corrected chi connectivity index (χ1v) is 7.69. The molecule has 0 aliphatic carbocycles. The summed E-state index contributed by atoms with van der Waals surface area (Å²) in [4.78, 5) is 0. The van der Waals surface area contributed by atoms with Crippen LogP contribution in [-0.4, -0.2) is 19.7 Å². The van der Waals surface area contributed by atoms with Crippen molar-refractivity contribution in [3.05, 3.63) is 64.7 Å². The Morgan fingerprint density at radius 1 is 0.952 bits per heavy atom. The van der Waals surface area contributed by atoms with Gasteiger partial charge in [0.2, 0.25) is 0 Å². The van der Waals surface area contributed by atoms with Crippen LogP contribution in [0.15, 0.2) is 48.5 Å². The molecule has 1 unspecified atom stereocenters. The van der Waals surface area contributed by atoms with E-state index in [4.69, 9.17) is 16.3 Å². The fourth-order valence-corrected chi connectivity index (χ4v) is 2.58. The van der Waals surface area contributed by atoms with Crippen molar-refractivity contribution in [2.75, 3.05) is 13.7 Å². The quantitative estimate of drug-likeness (QED) is 0.831. The molecule has 2 rings (SSSR count). The molecule has 0 aromatic heterocycles. The second-order valence-corrected chi connectivity index (χ2v) is 5.57. The lowest BCUT2D eigenvalue weighted by Gasteiger charge is -2.18. The Bertz CT molecular complexity index is 536. The second kappa shape index (κ2) is 8.06. The summed E-state index contributed by atoms with van der Waals surface area (Å²) in [7, 11) is 1.69. The SMILES string of the molecule is CCNC(Cc1ccc(Cl)cc1)Cc1ccc(OC)cc1. The van der Waals surface area contributed by atoms with Gasteiger partial charge in [-0.15, -0.1) is 0 Å². The van der Waals surface area contributed by atoms with E-state index in [1.807, 2.05) is 24.3 Å². The zero-order valence-electron chi connectivity index (χ0n) is 12.6. The van der Waals surface area contributed by atoms with Gasteiger partial charge in [-0.3, -0.25) is 0 Å². The van der Waals surface area contributed by atoms with E-state index in [-0.39, 0.29) is 0 Å². The Kier molecular flexibility index (Phi) is 6.09. The Hall–Kier alpha value is -1.51. The van der Waals surface area contributed by atoms with Crippen LogP contribution in [0.4, 0.5) is 0 Å². The van der Waals surface area contributed by atoms with E-state index in [1.165, 1.54) is 11.1 Å². The highest BCUT2D eigenvalue weighted by molar-refractivity contribution is 6.30. The van der Waals surface area contributed by atoms with E-state index in [0.717, 1.165) is 30.2 Å². The van der Waals surface area contributed by atoms with Gasteiger partial charge in [0.1, 0.15) is 5.75 Å². The number of hydrogen-bond acceptors (Lipinski definition) is 2. The summed E-state index contributed by atoms with van der Waals surface area (Å²) in [5.74, 6) is 0.899. The molecule has 0 saturated carbocycles. The number of hydrogen-bond donors (Lipinski definition) is 1. The molecule has 2 nitrogen and oxygen atoms in total. The number of benzene rings is 2. The predicted molar refractivity (Wildman–Crippen MR) is 89.3 cm³/mol. The summed E-state index contributed by atoms with van der Waals surface area (Å²) in [6.45, 7) is 3.11. The lowest BCUT2D eigenvalue weighted by atomic mass is 9.99. The molecule has 0 saturated heterocycles. The lowest BCUT2D eigenvalue weighted by Crippen LogP contribution is -2.33. The lowest BCUT2D eigenvalue weighted by molar-refractivity contribution is 0.414. The Labute approximate surface area is 132 Å². The third-order valence-electron chi connectivity index (χ3n) is 3.53. The van der Waals surface area contributed by atoms with Crippen molar-refractivity contribution in [2.45, 2.75) is 25.8 Å². The number of nitrogens with one attached hydrogen (secondary N) is 1. The van der Waals surface area contributed by atoms with E-state index < -0.39 is 0 Å². The Morgan fingerprint density at radius 3 is 1.95 bits per heavy atom. The maximum atomic E-state index is 5.94. The molecular formula is C18H22ClNO. The maximum Gasteiger partial charge on any atom is 0.118 e. The standard InChI is InChI=1S/C18H22ClNO/c1-3-20-17(12-14-4-8-16(19)9-5-14)13-15-6-10-18(21-2)11-7-15/h4-11,17,20H,3,12-13H2,1-2H3. The zero-order chi connectivity index (χ0) is 15.1.